The van der Waals surface area contributed by atoms with E-state index in [1.165, 1.54) is 0 Å². The maximum atomic E-state index is 13.8. The standard InChI is InChI=1S/C23H26F2N6O2/c24-23(25)11-15(12-26-14-23)13-29-22-21-18(27-3-4-28-21)10-17(30-22)16-1-2-19(20(32)9-16)31-5-7-33-8-6-31/h1-4,9-10,15,26,32H,5-8,11-14H2,(H,29,30). The number of benzene rings is 1. The second kappa shape index (κ2) is 9.03. The molecular formula is C23H26F2N6O2. The van der Waals surface area contributed by atoms with Crippen molar-refractivity contribution < 1.29 is 18.6 Å². The van der Waals surface area contributed by atoms with Gasteiger partial charge in [0, 0.05) is 50.6 Å². The predicted molar refractivity (Wildman–Crippen MR) is 122 cm³/mol. The summed E-state index contributed by atoms with van der Waals surface area (Å²) in [6.45, 7) is 3.27. The van der Waals surface area contributed by atoms with E-state index in [9.17, 15) is 13.9 Å². The number of hydrogen-bond acceptors (Lipinski definition) is 8. The Balaban J connectivity index is 1.42. The van der Waals surface area contributed by atoms with Crippen molar-refractivity contribution in [1.29, 1.82) is 0 Å². The molecule has 33 heavy (non-hydrogen) atoms. The summed E-state index contributed by atoms with van der Waals surface area (Å²) >= 11 is 0. The third kappa shape index (κ3) is 4.81. The summed E-state index contributed by atoms with van der Waals surface area (Å²) in [5.74, 6) is -2.29. The number of pyridine rings is 1. The summed E-state index contributed by atoms with van der Waals surface area (Å²) < 4.78 is 32.9. The largest absolute Gasteiger partial charge is 0.506 e. The van der Waals surface area contributed by atoms with Gasteiger partial charge in [0.05, 0.1) is 36.7 Å². The Morgan fingerprint density at radius 3 is 2.79 bits per heavy atom. The van der Waals surface area contributed by atoms with Gasteiger partial charge in [-0.05, 0) is 24.1 Å². The van der Waals surface area contributed by atoms with Crippen LogP contribution in [0.25, 0.3) is 22.3 Å². The summed E-state index contributed by atoms with van der Waals surface area (Å²) in [6, 6.07) is 7.28. The minimum atomic E-state index is -2.71. The molecule has 1 unspecified atom stereocenters. The van der Waals surface area contributed by atoms with E-state index in [0.29, 0.717) is 48.8 Å². The van der Waals surface area contributed by atoms with Crippen LogP contribution in [0, 0.1) is 5.92 Å². The number of fused-ring (bicyclic) bond motifs is 1. The quantitative estimate of drug-likeness (QED) is 0.540. The first-order valence-electron chi connectivity index (χ1n) is 11.1. The Kier molecular flexibility index (Phi) is 5.94. The molecule has 1 atom stereocenters. The highest BCUT2D eigenvalue weighted by Crippen LogP contribution is 2.34. The Hall–Kier alpha value is -3.11. The maximum absolute atomic E-state index is 13.8. The molecule has 2 saturated heterocycles. The van der Waals surface area contributed by atoms with Crippen LogP contribution >= 0.6 is 0 Å². The van der Waals surface area contributed by atoms with Crippen molar-refractivity contribution in [3.63, 3.8) is 0 Å². The number of morpholine rings is 1. The fourth-order valence-electron chi connectivity index (χ4n) is 4.41. The van der Waals surface area contributed by atoms with Crippen LogP contribution in [-0.2, 0) is 4.74 Å². The number of phenolic OH excluding ortho intramolecular Hbond substituents is 1. The normalized spacial score (nSPS) is 20.7. The zero-order valence-corrected chi connectivity index (χ0v) is 18.1. The van der Waals surface area contributed by atoms with Gasteiger partial charge in [0.25, 0.3) is 5.92 Å². The molecule has 2 aliphatic rings. The molecule has 8 nitrogen and oxygen atoms in total. The van der Waals surface area contributed by atoms with Gasteiger partial charge in [-0.1, -0.05) is 6.07 Å². The molecule has 0 aliphatic carbocycles. The van der Waals surface area contributed by atoms with E-state index in [0.717, 1.165) is 24.3 Å². The first-order valence-corrected chi connectivity index (χ1v) is 11.1. The van der Waals surface area contributed by atoms with Gasteiger partial charge >= 0.3 is 0 Å². The summed E-state index contributed by atoms with van der Waals surface area (Å²) in [5, 5.41) is 16.7. The monoisotopic (exact) mass is 456 g/mol. The lowest BCUT2D eigenvalue weighted by atomic mass is 9.97. The van der Waals surface area contributed by atoms with Crippen molar-refractivity contribution in [3.8, 4) is 17.0 Å². The van der Waals surface area contributed by atoms with Crippen molar-refractivity contribution in [2.75, 3.05) is 56.2 Å². The summed E-state index contributed by atoms with van der Waals surface area (Å²) in [7, 11) is 0. The number of nitrogens with zero attached hydrogens (tertiary/aromatic N) is 4. The van der Waals surface area contributed by atoms with E-state index >= 15 is 0 Å². The first-order chi connectivity index (χ1) is 16.0. The maximum Gasteiger partial charge on any atom is 0.260 e. The molecule has 0 saturated carbocycles. The highest BCUT2D eigenvalue weighted by Gasteiger charge is 2.36. The van der Waals surface area contributed by atoms with Crippen LogP contribution in [0.5, 0.6) is 5.75 Å². The van der Waals surface area contributed by atoms with Gasteiger partial charge in [-0.3, -0.25) is 4.98 Å². The van der Waals surface area contributed by atoms with Crippen LogP contribution in [0.15, 0.2) is 36.7 Å². The average Bonchev–Trinajstić information content (AvgIpc) is 2.82. The van der Waals surface area contributed by atoms with E-state index in [1.54, 1.807) is 18.5 Å². The number of nitrogens with one attached hydrogen (secondary N) is 2. The van der Waals surface area contributed by atoms with Crippen molar-refractivity contribution in [2.24, 2.45) is 5.92 Å². The average molecular weight is 456 g/mol. The number of rotatable bonds is 5. The minimum absolute atomic E-state index is 0.167. The number of alkyl halides is 2. The topological polar surface area (TPSA) is 95.4 Å². The van der Waals surface area contributed by atoms with Crippen molar-refractivity contribution in [1.82, 2.24) is 20.3 Å². The number of phenols is 1. The number of ether oxygens (including phenoxy) is 1. The number of aromatic nitrogens is 3. The van der Waals surface area contributed by atoms with E-state index in [-0.39, 0.29) is 24.6 Å². The molecule has 10 heteroatoms. The zero-order chi connectivity index (χ0) is 22.8. The molecule has 2 aromatic heterocycles. The lowest BCUT2D eigenvalue weighted by Crippen LogP contribution is -2.45. The van der Waals surface area contributed by atoms with Gasteiger partial charge in [0.1, 0.15) is 11.3 Å². The number of anilines is 2. The lowest BCUT2D eigenvalue weighted by molar-refractivity contribution is -0.0370. The molecule has 4 heterocycles. The highest BCUT2D eigenvalue weighted by molar-refractivity contribution is 5.89. The van der Waals surface area contributed by atoms with Crippen molar-refractivity contribution in [2.45, 2.75) is 12.3 Å². The Labute approximate surface area is 190 Å². The zero-order valence-electron chi connectivity index (χ0n) is 18.1. The van der Waals surface area contributed by atoms with Crippen molar-refractivity contribution in [3.05, 3.63) is 36.7 Å². The van der Waals surface area contributed by atoms with Crippen LogP contribution in [0.1, 0.15) is 6.42 Å². The van der Waals surface area contributed by atoms with E-state index < -0.39 is 5.92 Å². The van der Waals surface area contributed by atoms with Crippen LogP contribution in [0.4, 0.5) is 20.3 Å². The molecule has 3 N–H and O–H groups in total. The number of aromatic hydroxyl groups is 1. The fraction of sp³-hybridized carbons (Fsp3) is 0.435. The first kappa shape index (κ1) is 21.7. The lowest BCUT2D eigenvalue weighted by Gasteiger charge is -2.30. The highest BCUT2D eigenvalue weighted by atomic mass is 19.3. The third-order valence-corrected chi connectivity index (χ3v) is 6.04. The molecule has 174 valence electrons. The van der Waals surface area contributed by atoms with Crippen LogP contribution in [-0.4, -0.2) is 71.9 Å². The molecule has 2 aliphatic heterocycles. The summed E-state index contributed by atoms with van der Waals surface area (Å²) in [4.78, 5) is 15.6. The molecule has 1 aromatic carbocycles. The van der Waals surface area contributed by atoms with Gasteiger partial charge in [0.2, 0.25) is 0 Å². The van der Waals surface area contributed by atoms with E-state index in [1.807, 2.05) is 18.2 Å². The molecule has 5 rings (SSSR count). The molecule has 0 spiro atoms. The Bertz CT molecular complexity index is 1140. The van der Waals surface area contributed by atoms with Gasteiger partial charge in [-0.25, -0.2) is 18.7 Å². The van der Waals surface area contributed by atoms with E-state index in [2.05, 4.69) is 25.5 Å². The number of piperidine rings is 1. The predicted octanol–water partition coefficient (Wildman–Crippen LogP) is 2.89. The molecule has 3 aromatic rings. The fourth-order valence-corrected chi connectivity index (χ4v) is 4.41. The van der Waals surface area contributed by atoms with Gasteiger partial charge < -0.3 is 25.4 Å². The summed E-state index contributed by atoms with van der Waals surface area (Å²) in [5.41, 5.74) is 3.30. The second-order valence-corrected chi connectivity index (χ2v) is 8.52. The van der Waals surface area contributed by atoms with Crippen molar-refractivity contribution >= 4 is 22.5 Å². The number of hydrogen-bond donors (Lipinski definition) is 3. The third-order valence-electron chi connectivity index (χ3n) is 6.04. The van der Waals surface area contributed by atoms with Crippen LogP contribution in [0.2, 0.25) is 0 Å². The van der Waals surface area contributed by atoms with Gasteiger partial charge in [-0.15, -0.1) is 0 Å². The smallest absolute Gasteiger partial charge is 0.260 e. The molecule has 0 amide bonds. The minimum Gasteiger partial charge on any atom is -0.506 e. The molecule has 0 bridgehead atoms. The summed E-state index contributed by atoms with van der Waals surface area (Å²) in [6.07, 6.45) is 3.00. The van der Waals surface area contributed by atoms with Gasteiger partial charge in [-0.2, -0.15) is 0 Å². The van der Waals surface area contributed by atoms with Crippen LogP contribution < -0.4 is 15.5 Å². The molecule has 2 fully saturated rings. The Morgan fingerprint density at radius 1 is 1.18 bits per heavy atom. The van der Waals surface area contributed by atoms with E-state index in [4.69, 9.17) is 9.72 Å². The molecular weight excluding hydrogens is 430 g/mol. The van der Waals surface area contributed by atoms with Crippen LogP contribution in [0.3, 0.4) is 0 Å². The SMILES string of the molecule is Oc1cc(-c2cc3nccnc3c(NCC3CNCC(F)(F)C3)n2)ccc1N1CCOCC1. The Morgan fingerprint density at radius 2 is 2.00 bits per heavy atom. The number of halogens is 2. The molecule has 0 radical (unpaired) electrons. The second-order valence-electron chi connectivity index (χ2n) is 8.52. The van der Waals surface area contributed by atoms with Gasteiger partial charge in [0.15, 0.2) is 5.82 Å².